The van der Waals surface area contributed by atoms with E-state index in [4.69, 9.17) is 5.73 Å². The van der Waals surface area contributed by atoms with Gasteiger partial charge in [0.05, 0.1) is 10.6 Å². The van der Waals surface area contributed by atoms with Crippen molar-refractivity contribution >= 4 is 52.5 Å². The number of benzene rings is 2. The average molecular weight is 536 g/mol. The Labute approximate surface area is 195 Å². The Morgan fingerprint density at radius 2 is 1.59 bits per heavy atom. The first-order valence-corrected chi connectivity index (χ1v) is 13.5. The van der Waals surface area contributed by atoms with Crippen LogP contribution in [0.2, 0.25) is 0 Å². The predicted octanol–water partition coefficient (Wildman–Crippen LogP) is 3.04. The molecule has 2 aromatic carbocycles. The van der Waals surface area contributed by atoms with Gasteiger partial charge in [0, 0.05) is 11.5 Å². The van der Waals surface area contributed by atoms with Gasteiger partial charge >= 0.3 is 0 Å². The van der Waals surface area contributed by atoms with Gasteiger partial charge in [-0.2, -0.15) is 25.3 Å². The van der Waals surface area contributed by atoms with Crippen LogP contribution in [-0.2, 0) is 30.4 Å². The smallest absolute Gasteiger partial charge is 0.296 e. The van der Waals surface area contributed by atoms with Gasteiger partial charge < -0.3 is 10.8 Å². The highest BCUT2D eigenvalue weighted by atomic mass is 32.2. The zero-order chi connectivity index (χ0) is 26.2. The summed E-state index contributed by atoms with van der Waals surface area (Å²) in [5.41, 5.74) is 4.32. The lowest BCUT2D eigenvalue weighted by molar-refractivity contribution is 0.471. The van der Waals surface area contributed by atoms with E-state index in [1.165, 1.54) is 13.0 Å². The molecule has 16 heteroatoms. The van der Waals surface area contributed by atoms with E-state index in [9.17, 15) is 44.0 Å². The van der Waals surface area contributed by atoms with Gasteiger partial charge in [-0.15, -0.1) is 10.2 Å². The van der Waals surface area contributed by atoms with Crippen molar-refractivity contribution in [1.29, 1.82) is 0 Å². The fourth-order valence-electron chi connectivity index (χ4n) is 2.95. The number of nitrogen functional groups attached to an aromatic ring is 1. The Morgan fingerprint density at radius 3 is 2.03 bits per heavy atom. The van der Waals surface area contributed by atoms with Crippen molar-refractivity contribution in [3.8, 4) is 5.75 Å². The highest BCUT2D eigenvalue weighted by Crippen LogP contribution is 2.43. The van der Waals surface area contributed by atoms with Gasteiger partial charge in [0.25, 0.3) is 30.4 Å². The zero-order valence-corrected chi connectivity index (χ0v) is 20.3. The van der Waals surface area contributed by atoms with Crippen molar-refractivity contribution in [2.75, 3.05) is 5.73 Å². The minimum Gasteiger partial charge on any atom is -0.507 e. The van der Waals surface area contributed by atoms with Crippen LogP contribution in [0.1, 0.15) is 20.8 Å². The highest BCUT2D eigenvalue weighted by molar-refractivity contribution is 7.90. The van der Waals surface area contributed by atoms with Crippen LogP contribution in [-0.4, -0.2) is 44.0 Å². The summed E-state index contributed by atoms with van der Waals surface area (Å²) in [6.45, 7) is 4.61. The summed E-state index contributed by atoms with van der Waals surface area (Å²) in [6.07, 6.45) is 2.32. The van der Waals surface area contributed by atoms with Crippen molar-refractivity contribution in [3.05, 3.63) is 41.0 Å². The van der Waals surface area contributed by atoms with E-state index < -0.39 is 62.2 Å². The Hall–Kier alpha value is -2.89. The Balaban J connectivity index is 2.95. The molecule has 0 atom stereocenters. The Kier molecular flexibility index (Phi) is 7.56. The van der Waals surface area contributed by atoms with E-state index in [1.54, 1.807) is 13.8 Å². The molecule has 0 bridgehead atoms. The van der Waals surface area contributed by atoms with E-state index in [0.29, 0.717) is 6.07 Å². The van der Waals surface area contributed by atoms with Crippen LogP contribution >= 0.6 is 0 Å². The molecule has 0 aliphatic carbocycles. The lowest BCUT2D eigenvalue weighted by Crippen LogP contribution is -2.05. The minimum absolute atomic E-state index is 0.288. The SMILES string of the molecule is C/C=C(\C(=C/C(C)C)N=Nc1c(S(=O)(=O)O)cc2cc(S(=O)(=O)O)cc(O)c2c1N)S(=O)(=O)O. The predicted molar refractivity (Wildman–Crippen MR) is 122 cm³/mol. The number of nitrogens with zero attached hydrogens (tertiary/aromatic N) is 2. The molecule has 0 radical (unpaired) electrons. The van der Waals surface area contributed by atoms with Crippen molar-refractivity contribution in [2.24, 2.45) is 16.1 Å². The molecular weight excluding hydrogens is 514 g/mol. The normalized spacial score (nSPS) is 14.4. The number of phenols is 1. The molecule has 0 aromatic heterocycles. The van der Waals surface area contributed by atoms with Crippen LogP contribution in [0.3, 0.4) is 0 Å². The van der Waals surface area contributed by atoms with E-state index in [1.807, 2.05) is 0 Å². The third-order valence-electron chi connectivity index (χ3n) is 4.28. The fraction of sp³-hybridized carbons (Fsp3) is 0.222. The third-order valence-corrected chi connectivity index (χ3v) is 6.98. The van der Waals surface area contributed by atoms with Crippen molar-refractivity contribution < 1.29 is 44.0 Å². The van der Waals surface area contributed by atoms with Crippen LogP contribution in [0, 0.1) is 5.92 Å². The molecule has 2 aromatic rings. The average Bonchev–Trinajstić information content (AvgIpc) is 2.63. The first kappa shape index (κ1) is 27.4. The summed E-state index contributed by atoms with van der Waals surface area (Å²) in [5, 5.41) is 17.1. The maximum atomic E-state index is 12.0. The lowest BCUT2D eigenvalue weighted by Gasteiger charge is -2.12. The van der Waals surface area contributed by atoms with Gasteiger partial charge in [0.2, 0.25) is 0 Å². The topological polar surface area (TPSA) is 234 Å². The van der Waals surface area contributed by atoms with Gasteiger partial charge in [0.15, 0.2) is 0 Å². The van der Waals surface area contributed by atoms with E-state index >= 15 is 0 Å². The molecular formula is C18H21N3O10S3. The fourth-order valence-corrected chi connectivity index (χ4v) is 4.83. The van der Waals surface area contributed by atoms with Crippen LogP contribution in [0.5, 0.6) is 5.75 Å². The lowest BCUT2D eigenvalue weighted by atomic mass is 10.1. The van der Waals surface area contributed by atoms with Crippen LogP contribution in [0.4, 0.5) is 11.4 Å². The molecule has 34 heavy (non-hydrogen) atoms. The summed E-state index contributed by atoms with van der Waals surface area (Å²) >= 11 is 0. The van der Waals surface area contributed by atoms with Crippen molar-refractivity contribution in [2.45, 2.75) is 30.6 Å². The van der Waals surface area contributed by atoms with Crippen molar-refractivity contribution in [1.82, 2.24) is 0 Å². The summed E-state index contributed by atoms with van der Waals surface area (Å²) in [6, 6.07) is 2.19. The first-order valence-electron chi connectivity index (χ1n) is 9.19. The van der Waals surface area contributed by atoms with Gasteiger partial charge in [-0.1, -0.05) is 26.0 Å². The van der Waals surface area contributed by atoms with E-state index in [0.717, 1.165) is 18.2 Å². The monoisotopic (exact) mass is 535 g/mol. The molecule has 0 saturated carbocycles. The maximum Gasteiger partial charge on any atom is 0.296 e. The molecule has 0 unspecified atom stereocenters. The molecule has 0 fully saturated rings. The molecule has 0 amide bonds. The van der Waals surface area contributed by atoms with Crippen LogP contribution in [0.15, 0.2) is 61.0 Å². The van der Waals surface area contributed by atoms with E-state index in [2.05, 4.69) is 10.2 Å². The number of hydrogen-bond donors (Lipinski definition) is 5. The largest absolute Gasteiger partial charge is 0.507 e. The number of aromatic hydroxyl groups is 1. The van der Waals surface area contributed by atoms with Gasteiger partial charge in [-0.25, -0.2) is 0 Å². The number of allylic oxidation sites excluding steroid dienone is 2. The van der Waals surface area contributed by atoms with E-state index in [-0.39, 0.29) is 22.4 Å². The van der Waals surface area contributed by atoms with Gasteiger partial charge in [0.1, 0.15) is 26.9 Å². The number of rotatable bonds is 7. The highest BCUT2D eigenvalue weighted by Gasteiger charge is 2.25. The maximum absolute atomic E-state index is 12.0. The summed E-state index contributed by atoms with van der Waals surface area (Å²) in [4.78, 5) is -2.37. The second-order valence-electron chi connectivity index (χ2n) is 7.25. The molecule has 0 aliphatic heterocycles. The van der Waals surface area contributed by atoms with Crippen LogP contribution < -0.4 is 5.73 Å². The number of anilines is 1. The Morgan fingerprint density at radius 1 is 1.00 bits per heavy atom. The van der Waals surface area contributed by atoms with Crippen LogP contribution in [0.25, 0.3) is 10.8 Å². The van der Waals surface area contributed by atoms with Gasteiger partial charge in [-0.3, -0.25) is 13.7 Å². The molecule has 186 valence electrons. The third kappa shape index (κ3) is 5.96. The standard InChI is InChI=1S/C18H21N3O10S3/c1-4-14(33(26,27)28)12(5-9(2)3)20-21-18-15(34(29,30)31)7-10-6-11(32(23,24)25)8-13(22)16(10)17(18)19/h4-9,22H,19H2,1-3H3,(H,23,24,25)(H,26,27,28)(H,29,30,31)/b12-5+,14-4+,21-20?. The number of azo groups is 1. The summed E-state index contributed by atoms with van der Waals surface area (Å²) in [5.74, 6) is -1.07. The molecule has 2 rings (SSSR count). The molecule has 0 saturated heterocycles. The first-order chi connectivity index (χ1) is 15.4. The summed E-state index contributed by atoms with van der Waals surface area (Å²) < 4.78 is 98.6. The molecule has 0 spiro atoms. The second kappa shape index (κ2) is 9.40. The minimum atomic E-state index is -5.06. The zero-order valence-electron chi connectivity index (χ0n) is 17.9. The number of fused-ring (bicyclic) bond motifs is 1. The van der Waals surface area contributed by atoms with Gasteiger partial charge in [-0.05, 0) is 30.4 Å². The Bertz CT molecular complexity index is 1570. The van der Waals surface area contributed by atoms with Crippen molar-refractivity contribution in [3.63, 3.8) is 0 Å². The number of hydrogen-bond acceptors (Lipinski definition) is 10. The number of nitrogens with two attached hydrogens (primary N) is 1. The second-order valence-corrected chi connectivity index (χ2v) is 11.5. The quantitative estimate of drug-likeness (QED) is 0.149. The molecule has 13 nitrogen and oxygen atoms in total. The molecule has 0 aliphatic rings. The molecule has 0 heterocycles. The molecule has 6 N–H and O–H groups in total. The number of phenolic OH excluding ortho intramolecular Hbond substituents is 1. The summed E-state index contributed by atoms with van der Waals surface area (Å²) in [7, 11) is -14.6.